The fourth-order valence-electron chi connectivity index (χ4n) is 2.58. The lowest BCUT2D eigenvalue weighted by atomic mass is 10.0. The van der Waals surface area contributed by atoms with Gasteiger partial charge in [0.1, 0.15) is 16.3 Å². The Morgan fingerprint density at radius 1 is 1.09 bits per heavy atom. The molecule has 0 saturated carbocycles. The maximum absolute atomic E-state index is 14.9. The average molecular weight is 496 g/mol. The van der Waals surface area contributed by atoms with E-state index in [-0.39, 0.29) is 5.75 Å². The minimum Gasteiger partial charge on any atom is -0.497 e. The lowest BCUT2D eigenvalue weighted by molar-refractivity contribution is 0.0539. The minimum atomic E-state index is -3.06. The summed E-state index contributed by atoms with van der Waals surface area (Å²) < 4.78 is 106. The first-order chi connectivity index (χ1) is 17.5. The summed E-state index contributed by atoms with van der Waals surface area (Å²) >= 11 is 6.04. The second kappa shape index (κ2) is 9.51. The molecule has 0 fully saturated rings. The first-order valence-corrected chi connectivity index (χ1v) is 9.29. The monoisotopic (exact) mass is 495 g/mol. The molecule has 0 saturated heterocycles. The zero-order valence-electron chi connectivity index (χ0n) is 21.2. The van der Waals surface area contributed by atoms with Crippen molar-refractivity contribution in [1.29, 1.82) is 0 Å². The van der Waals surface area contributed by atoms with Crippen molar-refractivity contribution in [3.05, 3.63) is 62.6 Å². The van der Waals surface area contributed by atoms with Gasteiger partial charge < -0.3 is 10.1 Å². The molecule has 0 atom stereocenters. The van der Waals surface area contributed by atoms with Gasteiger partial charge in [-0.05, 0) is 17.7 Å². The molecular formula is C19H12ClF4N3O4S. The van der Waals surface area contributed by atoms with Crippen LogP contribution in [0.15, 0.2) is 24.3 Å². The highest BCUT2D eigenvalue weighted by Gasteiger charge is 2.30. The number of anilines is 1. The molecule has 0 aliphatic rings. The third kappa shape index (κ3) is 4.38. The largest absolute Gasteiger partial charge is 0.497 e. The van der Waals surface area contributed by atoms with E-state index in [0.29, 0.717) is 11.3 Å². The van der Waals surface area contributed by atoms with Gasteiger partial charge in [-0.25, -0.2) is 28.0 Å². The third-order valence-corrected chi connectivity index (χ3v) is 5.07. The predicted octanol–water partition coefficient (Wildman–Crippen LogP) is 4.57. The summed E-state index contributed by atoms with van der Waals surface area (Å²) in [6.07, 6.45) is 0. The van der Waals surface area contributed by atoms with Gasteiger partial charge in [0, 0.05) is 0 Å². The molecule has 168 valence electrons. The summed E-state index contributed by atoms with van der Waals surface area (Å²) in [5.41, 5.74) is -2.66. The Bertz CT molecular complexity index is 1390. The number of halogens is 5. The summed E-state index contributed by atoms with van der Waals surface area (Å²) in [4.78, 5) is 31.7. The van der Waals surface area contributed by atoms with Crippen LogP contribution >= 0.6 is 22.9 Å². The van der Waals surface area contributed by atoms with Crippen LogP contribution in [0.1, 0.15) is 28.4 Å². The number of rotatable bonds is 6. The maximum atomic E-state index is 14.9. The highest BCUT2D eigenvalue weighted by atomic mass is 35.5. The fraction of sp³-hybridized carbons (Fsp3) is 0.105. The molecule has 32 heavy (non-hydrogen) atoms. The summed E-state index contributed by atoms with van der Waals surface area (Å²) in [7, 11) is -5.98. The van der Waals surface area contributed by atoms with Gasteiger partial charge in [0.15, 0.2) is 33.4 Å². The number of nitrogens with one attached hydrogen (secondary N) is 2. The van der Waals surface area contributed by atoms with E-state index >= 15 is 0 Å². The van der Waals surface area contributed by atoms with Crippen LogP contribution in [0.5, 0.6) is 5.75 Å². The van der Waals surface area contributed by atoms with E-state index in [9.17, 15) is 27.2 Å². The number of thiazole rings is 1. The van der Waals surface area contributed by atoms with E-state index in [4.69, 9.17) is 19.8 Å². The van der Waals surface area contributed by atoms with Crippen molar-refractivity contribution in [3.8, 4) is 16.9 Å². The smallest absolute Gasteiger partial charge is 0.287 e. The first-order valence-electron chi connectivity index (χ1n) is 11.1. The SMILES string of the molecule is [2H]C([2H])([2H])ONC(=O)c1sc(Cl)nc1C(=O)Nc1c(F)c(F)c(-c2cccc(OC([2H])([2H])[2H])c2)c(F)c1F. The van der Waals surface area contributed by atoms with Gasteiger partial charge in [-0.1, -0.05) is 35.1 Å². The molecule has 0 radical (unpaired) electrons. The van der Waals surface area contributed by atoms with Crippen LogP contribution in [-0.4, -0.2) is 30.9 Å². The van der Waals surface area contributed by atoms with E-state index in [2.05, 4.69) is 14.6 Å². The fourth-order valence-corrected chi connectivity index (χ4v) is 3.57. The summed E-state index contributed by atoms with van der Waals surface area (Å²) in [6.45, 7) is 0. The molecule has 13 heteroatoms. The number of hydrogen-bond acceptors (Lipinski definition) is 6. The molecule has 0 aliphatic heterocycles. The number of hydroxylamine groups is 1. The van der Waals surface area contributed by atoms with E-state index in [1.807, 2.05) is 0 Å². The van der Waals surface area contributed by atoms with Gasteiger partial charge in [0.05, 0.1) is 27.9 Å². The van der Waals surface area contributed by atoms with Crippen LogP contribution < -0.4 is 15.5 Å². The number of benzene rings is 2. The molecule has 7 nitrogen and oxygen atoms in total. The van der Waals surface area contributed by atoms with E-state index in [1.165, 1.54) is 5.48 Å². The van der Waals surface area contributed by atoms with Crippen molar-refractivity contribution in [2.75, 3.05) is 19.4 Å². The van der Waals surface area contributed by atoms with Crippen molar-refractivity contribution in [1.82, 2.24) is 10.5 Å². The number of carbonyl (C=O) groups excluding carboxylic acids is 2. The number of methoxy groups -OCH3 is 1. The molecule has 0 bridgehead atoms. The minimum absolute atomic E-state index is 0.362. The molecule has 2 amide bonds. The standard InChI is InChI=1S/C19H12ClF4N3O4S/c1-30-8-5-3-4-7(6-8)9-10(21)12(23)14(13(24)11(9)22)25-17(28)15-16(18(29)27-31-2)32-19(20)26-15/h3-6H,1-2H3,(H,25,28)(H,27,29)/i1D3,2D3. The molecule has 2 N–H and O–H groups in total. The van der Waals surface area contributed by atoms with Gasteiger partial charge >= 0.3 is 0 Å². The van der Waals surface area contributed by atoms with Gasteiger partial charge in [-0.2, -0.15) is 0 Å². The normalized spacial score (nSPS) is 14.3. The predicted molar refractivity (Wildman–Crippen MR) is 108 cm³/mol. The second-order valence-corrected chi connectivity index (χ2v) is 7.35. The molecule has 0 aliphatic carbocycles. The average Bonchev–Trinajstić information content (AvgIpc) is 3.19. The highest BCUT2D eigenvalue weighted by Crippen LogP contribution is 2.36. The van der Waals surface area contributed by atoms with Crippen LogP contribution in [0.4, 0.5) is 23.2 Å². The first kappa shape index (κ1) is 16.4. The number of nitrogens with zero attached hydrogens (tertiary/aromatic N) is 1. The molecule has 1 heterocycles. The van der Waals surface area contributed by atoms with Crippen LogP contribution in [-0.2, 0) is 4.84 Å². The molecule has 1 aromatic heterocycles. The van der Waals surface area contributed by atoms with Crippen LogP contribution in [0.2, 0.25) is 4.47 Å². The number of amides is 2. The molecular weight excluding hydrogens is 478 g/mol. The third-order valence-electron chi connectivity index (χ3n) is 3.91. The molecule has 3 aromatic rings. The lowest BCUT2D eigenvalue weighted by Crippen LogP contribution is -2.25. The molecule has 2 aromatic carbocycles. The van der Waals surface area contributed by atoms with Crippen LogP contribution in [0.25, 0.3) is 11.1 Å². The Kier molecular flexibility index (Phi) is 4.88. The lowest BCUT2D eigenvalue weighted by Gasteiger charge is -2.13. The van der Waals surface area contributed by atoms with Crippen molar-refractivity contribution in [2.24, 2.45) is 0 Å². The van der Waals surface area contributed by atoms with E-state index in [0.717, 1.165) is 24.3 Å². The number of hydrogen-bond donors (Lipinski definition) is 2. The zero-order valence-corrected chi connectivity index (χ0v) is 16.8. The molecule has 3 rings (SSSR count). The van der Waals surface area contributed by atoms with Gasteiger partial charge in [0.25, 0.3) is 11.8 Å². The van der Waals surface area contributed by atoms with Crippen molar-refractivity contribution >= 4 is 40.4 Å². The van der Waals surface area contributed by atoms with Crippen molar-refractivity contribution in [3.63, 3.8) is 0 Å². The number of aromatic nitrogens is 1. The Hall–Kier alpha value is -3.22. The van der Waals surface area contributed by atoms with Gasteiger partial charge in [-0.3, -0.25) is 14.4 Å². The van der Waals surface area contributed by atoms with Gasteiger partial charge in [0.2, 0.25) is 0 Å². The van der Waals surface area contributed by atoms with Crippen LogP contribution in [0, 0.1) is 23.3 Å². The Balaban J connectivity index is 1.97. The van der Waals surface area contributed by atoms with E-state index in [1.54, 1.807) is 5.32 Å². The Morgan fingerprint density at radius 3 is 2.47 bits per heavy atom. The summed E-state index contributed by atoms with van der Waals surface area (Å²) in [6, 6.07) is 4.10. The number of carbonyl (C=O) groups is 2. The zero-order chi connectivity index (χ0) is 28.6. The number of ether oxygens (including phenoxy) is 1. The molecule has 0 spiro atoms. The molecule has 0 unspecified atom stereocenters. The Morgan fingerprint density at radius 2 is 1.81 bits per heavy atom. The highest BCUT2D eigenvalue weighted by molar-refractivity contribution is 7.17. The maximum Gasteiger partial charge on any atom is 0.287 e. The van der Waals surface area contributed by atoms with Crippen LogP contribution in [0.3, 0.4) is 0 Å². The van der Waals surface area contributed by atoms with Crippen molar-refractivity contribution < 1.29 is 44.9 Å². The van der Waals surface area contributed by atoms with Gasteiger partial charge in [-0.15, -0.1) is 0 Å². The van der Waals surface area contributed by atoms with Crippen molar-refractivity contribution in [2.45, 2.75) is 0 Å². The second-order valence-electron chi connectivity index (χ2n) is 5.77. The Labute approximate surface area is 195 Å². The summed E-state index contributed by atoms with van der Waals surface area (Å²) in [5.74, 6) is -11.2. The quantitative estimate of drug-likeness (QED) is 0.297. The summed E-state index contributed by atoms with van der Waals surface area (Å²) in [5, 5.41) is 1.56. The van der Waals surface area contributed by atoms with E-state index < -0.39 is 81.0 Å². The topological polar surface area (TPSA) is 89.5 Å².